The Labute approximate surface area is 98.8 Å². The Kier molecular flexibility index (Phi) is 4.78. The zero-order valence-corrected chi connectivity index (χ0v) is 10.8. The normalized spacial score (nSPS) is 22.8. The molecule has 0 aromatic heterocycles. The van der Waals surface area contributed by atoms with Gasteiger partial charge >= 0.3 is 5.97 Å². The molecule has 3 heteroatoms. The SMILES string of the molecule is CC(C)CC(C)(C(=O)O)N1CCCCCC1. The average Bonchev–Trinajstić information content (AvgIpc) is 2.44. The molecule has 1 N–H and O–H groups in total. The first-order valence-electron chi connectivity index (χ1n) is 6.45. The van der Waals surface area contributed by atoms with Crippen LogP contribution in [0.2, 0.25) is 0 Å². The van der Waals surface area contributed by atoms with Gasteiger partial charge in [0, 0.05) is 0 Å². The molecule has 1 saturated heterocycles. The monoisotopic (exact) mass is 227 g/mol. The highest BCUT2D eigenvalue weighted by atomic mass is 16.4. The molecule has 94 valence electrons. The van der Waals surface area contributed by atoms with Gasteiger partial charge in [0.1, 0.15) is 5.54 Å². The summed E-state index contributed by atoms with van der Waals surface area (Å²) in [5, 5.41) is 9.48. The van der Waals surface area contributed by atoms with Crippen LogP contribution in [0, 0.1) is 5.92 Å². The van der Waals surface area contributed by atoms with Crippen LogP contribution in [0.3, 0.4) is 0 Å². The van der Waals surface area contributed by atoms with Gasteiger partial charge in [0.05, 0.1) is 0 Å². The van der Waals surface area contributed by atoms with Crippen LogP contribution in [0.1, 0.15) is 52.9 Å². The Morgan fingerprint density at radius 3 is 2.12 bits per heavy atom. The van der Waals surface area contributed by atoms with E-state index in [9.17, 15) is 9.90 Å². The van der Waals surface area contributed by atoms with Crippen molar-refractivity contribution in [3.8, 4) is 0 Å². The summed E-state index contributed by atoms with van der Waals surface area (Å²) < 4.78 is 0. The minimum absolute atomic E-state index is 0.421. The first kappa shape index (κ1) is 13.5. The predicted molar refractivity (Wildman–Crippen MR) is 65.5 cm³/mol. The highest BCUT2D eigenvalue weighted by Crippen LogP contribution is 2.27. The molecular formula is C13H25NO2. The minimum atomic E-state index is -0.668. The number of carbonyl (C=O) groups is 1. The van der Waals surface area contributed by atoms with Crippen LogP contribution in [0.4, 0.5) is 0 Å². The standard InChI is InChI=1S/C13H25NO2/c1-11(2)10-13(3,12(15)16)14-8-6-4-5-7-9-14/h11H,4-10H2,1-3H3,(H,15,16). The lowest BCUT2D eigenvalue weighted by Gasteiger charge is -2.38. The molecule has 1 atom stereocenters. The number of rotatable bonds is 4. The van der Waals surface area contributed by atoms with Gasteiger partial charge in [0.2, 0.25) is 0 Å². The fourth-order valence-corrected chi connectivity index (χ4v) is 2.71. The van der Waals surface area contributed by atoms with Crippen LogP contribution in [0.15, 0.2) is 0 Å². The van der Waals surface area contributed by atoms with E-state index >= 15 is 0 Å². The Hall–Kier alpha value is -0.570. The van der Waals surface area contributed by atoms with Crippen LogP contribution in [0.25, 0.3) is 0 Å². The highest BCUT2D eigenvalue weighted by Gasteiger charge is 2.39. The number of carboxylic acid groups (broad SMARTS) is 1. The number of hydrogen-bond acceptors (Lipinski definition) is 2. The molecule has 0 radical (unpaired) electrons. The number of aliphatic carboxylic acids is 1. The maximum absolute atomic E-state index is 11.5. The van der Waals surface area contributed by atoms with Crippen molar-refractivity contribution in [2.75, 3.05) is 13.1 Å². The van der Waals surface area contributed by atoms with E-state index in [1.54, 1.807) is 0 Å². The second kappa shape index (κ2) is 5.67. The summed E-state index contributed by atoms with van der Waals surface area (Å²) in [5.41, 5.74) is -0.668. The molecular weight excluding hydrogens is 202 g/mol. The van der Waals surface area contributed by atoms with Gasteiger partial charge in [-0.15, -0.1) is 0 Å². The van der Waals surface area contributed by atoms with Gasteiger partial charge < -0.3 is 5.11 Å². The molecule has 0 aromatic rings. The quantitative estimate of drug-likeness (QED) is 0.803. The van der Waals surface area contributed by atoms with E-state index in [0.717, 1.165) is 32.4 Å². The van der Waals surface area contributed by atoms with Crippen LogP contribution < -0.4 is 0 Å². The highest BCUT2D eigenvalue weighted by molar-refractivity contribution is 5.78. The molecule has 1 rings (SSSR count). The van der Waals surface area contributed by atoms with E-state index < -0.39 is 11.5 Å². The van der Waals surface area contributed by atoms with Crippen molar-refractivity contribution in [2.45, 2.75) is 58.4 Å². The fraction of sp³-hybridized carbons (Fsp3) is 0.923. The van der Waals surface area contributed by atoms with Gasteiger partial charge in [-0.25, -0.2) is 0 Å². The Balaban J connectivity index is 2.77. The zero-order chi connectivity index (χ0) is 12.2. The molecule has 1 aliphatic rings. The smallest absolute Gasteiger partial charge is 0.323 e. The third-order valence-electron chi connectivity index (χ3n) is 3.57. The molecule has 0 aromatic carbocycles. The molecule has 0 bridgehead atoms. The Bertz CT molecular complexity index is 232. The number of carboxylic acids is 1. The molecule has 1 aliphatic heterocycles. The minimum Gasteiger partial charge on any atom is -0.480 e. The van der Waals surface area contributed by atoms with Gasteiger partial charge in [0.15, 0.2) is 0 Å². The molecule has 0 aliphatic carbocycles. The maximum atomic E-state index is 11.5. The van der Waals surface area contributed by atoms with Crippen LogP contribution >= 0.6 is 0 Å². The van der Waals surface area contributed by atoms with E-state index in [-0.39, 0.29) is 0 Å². The molecule has 0 amide bonds. The molecule has 0 saturated carbocycles. The Morgan fingerprint density at radius 1 is 1.25 bits per heavy atom. The molecule has 0 spiro atoms. The van der Waals surface area contributed by atoms with Crippen molar-refractivity contribution in [1.82, 2.24) is 4.90 Å². The van der Waals surface area contributed by atoms with Crippen molar-refractivity contribution in [3.05, 3.63) is 0 Å². The van der Waals surface area contributed by atoms with E-state index in [1.165, 1.54) is 12.8 Å². The third-order valence-corrected chi connectivity index (χ3v) is 3.57. The predicted octanol–water partition coefficient (Wildman–Crippen LogP) is 2.75. The van der Waals surface area contributed by atoms with Crippen LogP contribution in [-0.4, -0.2) is 34.6 Å². The molecule has 16 heavy (non-hydrogen) atoms. The lowest BCUT2D eigenvalue weighted by atomic mass is 9.88. The summed E-state index contributed by atoms with van der Waals surface area (Å²) in [4.78, 5) is 13.7. The molecule has 1 heterocycles. The first-order valence-corrected chi connectivity index (χ1v) is 6.45. The summed E-state index contributed by atoms with van der Waals surface area (Å²) >= 11 is 0. The maximum Gasteiger partial charge on any atom is 0.323 e. The second-order valence-corrected chi connectivity index (χ2v) is 5.58. The Morgan fingerprint density at radius 2 is 1.75 bits per heavy atom. The summed E-state index contributed by atoms with van der Waals surface area (Å²) in [5.74, 6) is -0.243. The second-order valence-electron chi connectivity index (χ2n) is 5.58. The van der Waals surface area contributed by atoms with Crippen molar-refractivity contribution in [2.24, 2.45) is 5.92 Å². The van der Waals surface area contributed by atoms with Crippen LogP contribution in [0.5, 0.6) is 0 Å². The molecule has 3 nitrogen and oxygen atoms in total. The summed E-state index contributed by atoms with van der Waals surface area (Å²) in [6.07, 6.45) is 5.51. The van der Waals surface area contributed by atoms with Crippen molar-refractivity contribution in [1.29, 1.82) is 0 Å². The summed E-state index contributed by atoms with van der Waals surface area (Å²) in [7, 11) is 0. The van der Waals surface area contributed by atoms with Crippen molar-refractivity contribution in [3.63, 3.8) is 0 Å². The topological polar surface area (TPSA) is 40.5 Å². The first-order chi connectivity index (χ1) is 7.47. The lowest BCUT2D eigenvalue weighted by Crippen LogP contribution is -2.53. The van der Waals surface area contributed by atoms with Crippen molar-refractivity contribution < 1.29 is 9.90 Å². The van der Waals surface area contributed by atoms with E-state index in [1.807, 2.05) is 6.92 Å². The lowest BCUT2D eigenvalue weighted by molar-refractivity contribution is -0.151. The van der Waals surface area contributed by atoms with Gasteiger partial charge in [-0.3, -0.25) is 9.69 Å². The van der Waals surface area contributed by atoms with E-state index in [2.05, 4.69) is 18.7 Å². The largest absolute Gasteiger partial charge is 0.480 e. The summed E-state index contributed by atoms with van der Waals surface area (Å²) in [6.45, 7) is 7.96. The summed E-state index contributed by atoms with van der Waals surface area (Å²) in [6, 6.07) is 0. The van der Waals surface area contributed by atoms with Gasteiger partial charge in [-0.05, 0) is 45.2 Å². The average molecular weight is 227 g/mol. The van der Waals surface area contributed by atoms with Gasteiger partial charge in [0.25, 0.3) is 0 Å². The number of nitrogens with zero attached hydrogens (tertiary/aromatic N) is 1. The number of hydrogen-bond donors (Lipinski definition) is 1. The van der Waals surface area contributed by atoms with Gasteiger partial charge in [-0.2, -0.15) is 0 Å². The van der Waals surface area contributed by atoms with Crippen LogP contribution in [-0.2, 0) is 4.79 Å². The van der Waals surface area contributed by atoms with E-state index in [0.29, 0.717) is 5.92 Å². The third kappa shape index (κ3) is 3.21. The zero-order valence-electron chi connectivity index (χ0n) is 10.8. The van der Waals surface area contributed by atoms with Crippen molar-refractivity contribution >= 4 is 5.97 Å². The van der Waals surface area contributed by atoms with E-state index in [4.69, 9.17) is 0 Å². The molecule has 1 unspecified atom stereocenters. The molecule has 1 fully saturated rings. The van der Waals surface area contributed by atoms with Gasteiger partial charge in [-0.1, -0.05) is 26.7 Å². The fourth-order valence-electron chi connectivity index (χ4n) is 2.71. The number of likely N-dealkylation sites (tertiary alicyclic amines) is 1.